The summed E-state index contributed by atoms with van der Waals surface area (Å²) in [6.07, 6.45) is 2.11. The van der Waals surface area contributed by atoms with Gasteiger partial charge in [-0.15, -0.1) is 0 Å². The van der Waals surface area contributed by atoms with Gasteiger partial charge in [0.1, 0.15) is 5.75 Å². The normalized spacial score (nSPS) is 12.2. The highest BCUT2D eigenvalue weighted by molar-refractivity contribution is 9.09. The quantitative estimate of drug-likeness (QED) is 0.821. The molecule has 3 nitrogen and oxygen atoms in total. The fourth-order valence-corrected chi connectivity index (χ4v) is 2.09. The number of aryl methyl sites for hydroxylation is 1. The van der Waals surface area contributed by atoms with Gasteiger partial charge in [-0.3, -0.25) is 4.79 Å². The third kappa shape index (κ3) is 4.38. The summed E-state index contributed by atoms with van der Waals surface area (Å²) in [5.41, 5.74) is 1.26. The monoisotopic (exact) mass is 299 g/mol. The minimum absolute atomic E-state index is 0.152. The van der Waals surface area contributed by atoms with Crippen LogP contribution in [-0.2, 0) is 0 Å². The van der Waals surface area contributed by atoms with Crippen LogP contribution in [0.4, 0.5) is 0 Å². The maximum Gasteiger partial charge on any atom is 0.251 e. The van der Waals surface area contributed by atoms with E-state index in [1.807, 2.05) is 0 Å². The van der Waals surface area contributed by atoms with E-state index < -0.39 is 0 Å². The zero-order valence-corrected chi connectivity index (χ0v) is 11.8. The molecule has 0 aliphatic carbocycles. The molecular formula is C13H18BrNO2. The summed E-state index contributed by atoms with van der Waals surface area (Å²) < 4.78 is 0. The minimum Gasteiger partial charge on any atom is -0.508 e. The van der Waals surface area contributed by atoms with Crippen LogP contribution in [0.5, 0.6) is 5.75 Å². The number of hydrogen-bond donors (Lipinski definition) is 2. The van der Waals surface area contributed by atoms with Crippen LogP contribution in [0.3, 0.4) is 0 Å². The van der Waals surface area contributed by atoms with Gasteiger partial charge in [0.25, 0.3) is 5.91 Å². The molecule has 1 rings (SSSR count). The minimum atomic E-state index is -0.152. The predicted octanol–water partition coefficient (Wildman–Crippen LogP) is 2.99. The second-order valence-electron chi connectivity index (χ2n) is 4.10. The Bertz CT molecular complexity index is 393. The molecule has 0 heterocycles. The number of phenols is 1. The van der Waals surface area contributed by atoms with Crippen molar-refractivity contribution < 1.29 is 9.90 Å². The van der Waals surface area contributed by atoms with E-state index in [0.717, 1.165) is 18.4 Å². The molecule has 0 aromatic heterocycles. The maximum atomic E-state index is 11.8. The van der Waals surface area contributed by atoms with E-state index in [-0.39, 0.29) is 11.7 Å². The largest absolute Gasteiger partial charge is 0.508 e. The van der Waals surface area contributed by atoms with Gasteiger partial charge in [-0.1, -0.05) is 35.3 Å². The Morgan fingerprint density at radius 2 is 2.24 bits per heavy atom. The number of halogens is 1. The van der Waals surface area contributed by atoms with Gasteiger partial charge in [-0.2, -0.15) is 0 Å². The van der Waals surface area contributed by atoms with E-state index in [2.05, 4.69) is 28.2 Å². The van der Waals surface area contributed by atoms with Gasteiger partial charge < -0.3 is 10.4 Å². The average molecular weight is 300 g/mol. The van der Waals surface area contributed by atoms with Gasteiger partial charge in [-0.05, 0) is 31.0 Å². The van der Waals surface area contributed by atoms with Crippen LogP contribution in [-0.4, -0.2) is 22.4 Å². The van der Waals surface area contributed by atoms with Crippen molar-refractivity contribution >= 4 is 21.8 Å². The van der Waals surface area contributed by atoms with Crippen LogP contribution in [0, 0.1) is 6.92 Å². The number of phenolic OH excluding ortho intramolecular Hbond substituents is 1. The second kappa shape index (κ2) is 6.64. The lowest BCUT2D eigenvalue weighted by molar-refractivity contribution is 0.0953. The van der Waals surface area contributed by atoms with Crippen molar-refractivity contribution in [3.8, 4) is 5.75 Å². The van der Waals surface area contributed by atoms with Gasteiger partial charge in [-0.25, -0.2) is 0 Å². The predicted molar refractivity (Wildman–Crippen MR) is 72.8 cm³/mol. The average Bonchev–Trinajstić information content (AvgIpc) is 2.30. The van der Waals surface area contributed by atoms with E-state index in [1.54, 1.807) is 19.1 Å². The first-order valence-electron chi connectivity index (χ1n) is 5.76. The van der Waals surface area contributed by atoms with Crippen molar-refractivity contribution in [3.05, 3.63) is 29.3 Å². The first-order valence-corrected chi connectivity index (χ1v) is 6.68. The molecule has 17 heavy (non-hydrogen) atoms. The molecule has 1 aromatic carbocycles. The van der Waals surface area contributed by atoms with Gasteiger partial charge >= 0.3 is 0 Å². The number of nitrogens with one attached hydrogen (secondary N) is 1. The van der Waals surface area contributed by atoms with Gasteiger partial charge in [0.15, 0.2) is 0 Å². The maximum absolute atomic E-state index is 11.8. The van der Waals surface area contributed by atoms with E-state index in [0.29, 0.717) is 16.9 Å². The molecule has 1 atom stereocenters. The SMILES string of the molecule is CCCC(Br)CNC(=O)c1ccc(C)c(O)c1. The van der Waals surface area contributed by atoms with Crippen molar-refractivity contribution in [1.82, 2.24) is 5.32 Å². The molecule has 2 N–H and O–H groups in total. The molecule has 0 radical (unpaired) electrons. The summed E-state index contributed by atoms with van der Waals surface area (Å²) in [6.45, 7) is 4.50. The third-order valence-electron chi connectivity index (χ3n) is 2.56. The number of carbonyl (C=O) groups excluding carboxylic acids is 1. The Morgan fingerprint density at radius 3 is 2.82 bits per heavy atom. The van der Waals surface area contributed by atoms with Crippen molar-refractivity contribution in [2.75, 3.05) is 6.54 Å². The summed E-state index contributed by atoms with van der Waals surface area (Å²) in [6, 6.07) is 4.95. The number of amides is 1. The van der Waals surface area contributed by atoms with Crippen LogP contribution >= 0.6 is 15.9 Å². The van der Waals surface area contributed by atoms with Gasteiger partial charge in [0.2, 0.25) is 0 Å². The highest BCUT2D eigenvalue weighted by atomic mass is 79.9. The summed E-state index contributed by atoms with van der Waals surface area (Å²) in [5, 5.41) is 12.4. The summed E-state index contributed by atoms with van der Waals surface area (Å²) in [7, 11) is 0. The molecule has 1 aromatic rings. The highest BCUT2D eigenvalue weighted by Gasteiger charge is 2.09. The standard InChI is InChI=1S/C13H18BrNO2/c1-3-4-11(14)8-15-13(17)10-6-5-9(2)12(16)7-10/h5-7,11,16H,3-4,8H2,1-2H3,(H,15,17). The first kappa shape index (κ1) is 14.0. The van der Waals surface area contributed by atoms with Crippen molar-refractivity contribution in [3.63, 3.8) is 0 Å². The van der Waals surface area contributed by atoms with E-state index in [1.165, 1.54) is 6.07 Å². The fraction of sp³-hybridized carbons (Fsp3) is 0.462. The summed E-state index contributed by atoms with van der Waals surface area (Å²) in [4.78, 5) is 12.1. The molecule has 0 aliphatic heterocycles. The number of hydrogen-bond acceptors (Lipinski definition) is 2. The Labute approximate surface area is 110 Å². The molecule has 0 spiro atoms. The number of rotatable bonds is 5. The number of carbonyl (C=O) groups is 1. The molecular weight excluding hydrogens is 282 g/mol. The molecule has 0 aliphatic rings. The Morgan fingerprint density at radius 1 is 1.53 bits per heavy atom. The molecule has 0 saturated heterocycles. The number of aromatic hydroxyl groups is 1. The van der Waals surface area contributed by atoms with E-state index in [9.17, 15) is 9.90 Å². The van der Waals surface area contributed by atoms with Gasteiger partial charge in [0.05, 0.1) is 0 Å². The van der Waals surface area contributed by atoms with Crippen LogP contribution < -0.4 is 5.32 Å². The number of benzene rings is 1. The van der Waals surface area contributed by atoms with E-state index in [4.69, 9.17) is 0 Å². The first-order chi connectivity index (χ1) is 8.04. The lowest BCUT2D eigenvalue weighted by atomic mass is 10.1. The lowest BCUT2D eigenvalue weighted by Crippen LogP contribution is -2.29. The fourth-order valence-electron chi connectivity index (χ4n) is 1.47. The van der Waals surface area contributed by atoms with Crippen molar-refractivity contribution in [1.29, 1.82) is 0 Å². The smallest absolute Gasteiger partial charge is 0.251 e. The van der Waals surface area contributed by atoms with Crippen LogP contribution in [0.25, 0.3) is 0 Å². The van der Waals surface area contributed by atoms with Crippen molar-refractivity contribution in [2.45, 2.75) is 31.5 Å². The molecule has 4 heteroatoms. The zero-order valence-electron chi connectivity index (χ0n) is 10.2. The summed E-state index contributed by atoms with van der Waals surface area (Å²) in [5.74, 6) is 0.00227. The third-order valence-corrected chi connectivity index (χ3v) is 3.34. The molecule has 1 unspecified atom stereocenters. The van der Waals surface area contributed by atoms with Crippen LogP contribution in [0.2, 0.25) is 0 Å². The Kier molecular flexibility index (Phi) is 5.48. The van der Waals surface area contributed by atoms with Crippen LogP contribution in [0.15, 0.2) is 18.2 Å². The van der Waals surface area contributed by atoms with Gasteiger partial charge in [0, 0.05) is 16.9 Å². The Balaban J connectivity index is 2.55. The second-order valence-corrected chi connectivity index (χ2v) is 5.39. The lowest BCUT2D eigenvalue weighted by Gasteiger charge is -2.10. The highest BCUT2D eigenvalue weighted by Crippen LogP contribution is 2.17. The topological polar surface area (TPSA) is 49.3 Å². The molecule has 94 valence electrons. The summed E-state index contributed by atoms with van der Waals surface area (Å²) >= 11 is 3.50. The molecule has 0 saturated carbocycles. The molecule has 0 fully saturated rings. The Hall–Kier alpha value is -1.03. The van der Waals surface area contributed by atoms with E-state index >= 15 is 0 Å². The van der Waals surface area contributed by atoms with Crippen molar-refractivity contribution in [2.24, 2.45) is 0 Å². The number of alkyl halides is 1. The molecule has 0 bridgehead atoms. The van der Waals surface area contributed by atoms with Crippen LogP contribution in [0.1, 0.15) is 35.7 Å². The zero-order chi connectivity index (χ0) is 12.8. The molecule has 1 amide bonds.